The second-order valence-corrected chi connectivity index (χ2v) is 5.07. The highest BCUT2D eigenvalue weighted by molar-refractivity contribution is 4.98. The minimum atomic E-state index is 0. The zero-order valence-corrected chi connectivity index (χ0v) is 11.4. The van der Waals surface area contributed by atoms with Crippen molar-refractivity contribution in [3.05, 3.63) is 0 Å². The lowest BCUT2D eigenvalue weighted by Gasteiger charge is -2.60. The zero-order chi connectivity index (χ0) is 10.3. The van der Waals surface area contributed by atoms with Crippen LogP contribution in [0.4, 0.5) is 0 Å². The van der Waals surface area contributed by atoms with E-state index in [9.17, 15) is 0 Å². The lowest BCUT2D eigenvalue weighted by atomic mass is 10.3. The topological polar surface area (TPSA) is 9.72 Å². The molecule has 0 aromatic rings. The molecule has 5 heteroatoms. The standard InChI is InChI=1S/C11H19N4.BrH/c1-2-3-4-5-15-9-12-6-13(10-15)8-14(7-12)11-15;/h2,5-11H2,1H3;1H/q+1;/p-1. The van der Waals surface area contributed by atoms with Gasteiger partial charge in [-0.05, 0) is 5.92 Å². The molecule has 0 spiro atoms. The molecule has 4 aliphatic heterocycles. The van der Waals surface area contributed by atoms with Crippen LogP contribution in [0.3, 0.4) is 0 Å². The van der Waals surface area contributed by atoms with Crippen LogP contribution in [-0.4, -0.2) is 65.7 Å². The second-order valence-electron chi connectivity index (χ2n) is 5.07. The molecule has 4 aliphatic rings. The van der Waals surface area contributed by atoms with E-state index >= 15 is 0 Å². The van der Waals surface area contributed by atoms with Gasteiger partial charge in [-0.3, -0.25) is 4.48 Å². The van der Waals surface area contributed by atoms with Gasteiger partial charge in [0.15, 0.2) is 0 Å². The molecule has 4 bridgehead atoms. The quantitative estimate of drug-likeness (QED) is 0.374. The maximum atomic E-state index is 3.33. The lowest BCUT2D eigenvalue weighted by molar-refractivity contribution is -0.974. The number of nitrogens with zero attached hydrogens (tertiary/aromatic N) is 4. The molecule has 0 radical (unpaired) electrons. The highest BCUT2D eigenvalue weighted by atomic mass is 79.9. The van der Waals surface area contributed by atoms with Crippen molar-refractivity contribution in [2.24, 2.45) is 0 Å². The fourth-order valence-electron chi connectivity index (χ4n) is 3.16. The fourth-order valence-corrected chi connectivity index (χ4v) is 3.16. The molecule has 0 N–H and O–H groups in total. The molecule has 0 atom stereocenters. The monoisotopic (exact) mass is 286 g/mol. The van der Waals surface area contributed by atoms with E-state index in [1.165, 1.54) is 20.0 Å². The van der Waals surface area contributed by atoms with Crippen molar-refractivity contribution in [1.82, 2.24) is 14.7 Å². The summed E-state index contributed by atoms with van der Waals surface area (Å²) < 4.78 is 1.15. The van der Waals surface area contributed by atoms with Gasteiger partial charge in [-0.2, -0.15) is 0 Å². The van der Waals surface area contributed by atoms with Crippen molar-refractivity contribution in [3.8, 4) is 11.8 Å². The van der Waals surface area contributed by atoms with Crippen LogP contribution in [0.15, 0.2) is 0 Å². The summed E-state index contributed by atoms with van der Waals surface area (Å²) in [6.45, 7) is 10.2. The van der Waals surface area contributed by atoms with Crippen molar-refractivity contribution in [1.29, 1.82) is 0 Å². The summed E-state index contributed by atoms with van der Waals surface area (Å²) in [5, 5.41) is 0. The third-order valence-corrected chi connectivity index (χ3v) is 3.42. The first-order valence-electron chi connectivity index (χ1n) is 5.78. The lowest BCUT2D eigenvalue weighted by Crippen LogP contribution is -3.00. The van der Waals surface area contributed by atoms with E-state index in [-0.39, 0.29) is 17.0 Å². The Bertz CT molecular complexity index is 284. The molecule has 0 aromatic carbocycles. The first-order valence-corrected chi connectivity index (χ1v) is 5.78. The smallest absolute Gasteiger partial charge is 0.144 e. The summed E-state index contributed by atoms with van der Waals surface area (Å²) in [7, 11) is 0. The molecule has 4 nitrogen and oxygen atoms in total. The Labute approximate surface area is 108 Å². The predicted octanol–water partition coefficient (Wildman–Crippen LogP) is -3.09. The molecular weight excluding hydrogens is 268 g/mol. The molecule has 16 heavy (non-hydrogen) atoms. The number of quaternary nitrogens is 1. The Balaban J connectivity index is 0.000000963. The molecule has 0 aromatic heterocycles. The average molecular weight is 287 g/mol. The van der Waals surface area contributed by atoms with Crippen LogP contribution in [0.25, 0.3) is 0 Å². The van der Waals surface area contributed by atoms with Crippen LogP contribution in [-0.2, 0) is 0 Å². The summed E-state index contributed by atoms with van der Waals surface area (Å²) in [4.78, 5) is 7.60. The van der Waals surface area contributed by atoms with Crippen LogP contribution < -0.4 is 17.0 Å². The molecule has 4 saturated heterocycles. The van der Waals surface area contributed by atoms with Gasteiger partial charge >= 0.3 is 0 Å². The van der Waals surface area contributed by atoms with Crippen LogP contribution in [0, 0.1) is 11.8 Å². The molecule has 90 valence electrons. The van der Waals surface area contributed by atoms with Gasteiger partial charge in [-0.25, -0.2) is 14.7 Å². The first kappa shape index (κ1) is 12.3. The van der Waals surface area contributed by atoms with Gasteiger partial charge in [0.1, 0.15) is 26.6 Å². The SMILES string of the molecule is CCC#CC[N+]12CN3CN(CN(C3)C1)C2.[Br-]. The van der Waals surface area contributed by atoms with Crippen LogP contribution in [0.5, 0.6) is 0 Å². The van der Waals surface area contributed by atoms with Crippen molar-refractivity contribution in [2.75, 3.05) is 46.6 Å². The van der Waals surface area contributed by atoms with Gasteiger partial charge in [0.05, 0.1) is 20.0 Å². The van der Waals surface area contributed by atoms with E-state index in [1.807, 2.05) is 0 Å². The maximum absolute atomic E-state index is 3.33. The van der Waals surface area contributed by atoms with Gasteiger partial charge in [0.2, 0.25) is 0 Å². The van der Waals surface area contributed by atoms with E-state index in [1.54, 1.807) is 0 Å². The van der Waals surface area contributed by atoms with E-state index in [2.05, 4.69) is 33.5 Å². The highest BCUT2D eigenvalue weighted by Crippen LogP contribution is 2.27. The number of rotatable bonds is 1. The minimum absolute atomic E-state index is 0. The molecule has 0 unspecified atom stereocenters. The number of hydrogen-bond acceptors (Lipinski definition) is 3. The Morgan fingerprint density at radius 2 is 1.44 bits per heavy atom. The van der Waals surface area contributed by atoms with Crippen molar-refractivity contribution in [3.63, 3.8) is 0 Å². The molecular formula is C11H19BrN4. The largest absolute Gasteiger partial charge is 1.00 e. The third-order valence-electron chi connectivity index (χ3n) is 3.42. The molecule has 0 amide bonds. The van der Waals surface area contributed by atoms with E-state index in [4.69, 9.17) is 0 Å². The maximum Gasteiger partial charge on any atom is 0.144 e. The van der Waals surface area contributed by atoms with E-state index < -0.39 is 0 Å². The summed E-state index contributed by atoms with van der Waals surface area (Å²) in [6, 6.07) is 0. The van der Waals surface area contributed by atoms with Gasteiger partial charge in [-0.1, -0.05) is 12.8 Å². The van der Waals surface area contributed by atoms with Crippen molar-refractivity contribution >= 4 is 0 Å². The van der Waals surface area contributed by atoms with Gasteiger partial charge < -0.3 is 17.0 Å². The van der Waals surface area contributed by atoms with Crippen molar-refractivity contribution in [2.45, 2.75) is 13.3 Å². The Kier molecular flexibility index (Phi) is 3.57. The predicted molar refractivity (Wildman–Crippen MR) is 57.9 cm³/mol. The van der Waals surface area contributed by atoms with E-state index in [0.717, 1.165) is 37.5 Å². The average Bonchev–Trinajstić information content (AvgIpc) is 2.15. The highest BCUT2D eigenvalue weighted by Gasteiger charge is 2.47. The summed E-state index contributed by atoms with van der Waals surface area (Å²) in [6.07, 6.45) is 0.983. The normalized spacial score (nSPS) is 43.4. The van der Waals surface area contributed by atoms with E-state index in [0.29, 0.717) is 0 Å². The fraction of sp³-hybridized carbons (Fsp3) is 0.818. The molecule has 4 heterocycles. The van der Waals surface area contributed by atoms with Gasteiger partial charge in [0.25, 0.3) is 0 Å². The Morgan fingerprint density at radius 3 is 1.88 bits per heavy atom. The number of halogens is 1. The Hall–Kier alpha value is -0.120. The van der Waals surface area contributed by atoms with Crippen LogP contribution in [0.2, 0.25) is 0 Å². The van der Waals surface area contributed by atoms with Crippen LogP contribution >= 0.6 is 0 Å². The van der Waals surface area contributed by atoms with Gasteiger partial charge in [0, 0.05) is 6.42 Å². The third kappa shape index (κ3) is 2.13. The number of hydrogen-bond donors (Lipinski definition) is 0. The minimum Gasteiger partial charge on any atom is -1.00 e. The second kappa shape index (κ2) is 4.63. The summed E-state index contributed by atoms with van der Waals surface area (Å²) >= 11 is 0. The van der Waals surface area contributed by atoms with Crippen LogP contribution in [0.1, 0.15) is 13.3 Å². The molecule has 0 saturated carbocycles. The molecule has 0 aliphatic carbocycles. The first-order chi connectivity index (χ1) is 7.30. The summed E-state index contributed by atoms with van der Waals surface area (Å²) in [5.41, 5.74) is 0. The zero-order valence-electron chi connectivity index (χ0n) is 9.82. The molecule has 4 rings (SSSR count). The summed E-state index contributed by atoms with van der Waals surface area (Å²) in [5.74, 6) is 6.54. The molecule has 4 fully saturated rings. The van der Waals surface area contributed by atoms with Gasteiger partial charge in [-0.15, -0.1) is 0 Å². The van der Waals surface area contributed by atoms with Crippen molar-refractivity contribution < 1.29 is 21.5 Å². The Morgan fingerprint density at radius 1 is 0.938 bits per heavy atom.